The number of hydrogen-bond donors (Lipinski definition) is 6. The minimum absolute atomic E-state index is 0.0290. The molecule has 0 aromatic heterocycles. The van der Waals surface area contributed by atoms with Gasteiger partial charge in [-0.25, -0.2) is 0 Å². The number of nitrogens with one attached hydrogen (secondary N) is 6. The molecule has 6 aliphatic heterocycles. The third-order valence-electron chi connectivity index (χ3n) is 24.9. The number of piperidine rings is 6. The van der Waals surface area contributed by atoms with Gasteiger partial charge in [0, 0.05) is 144 Å². The predicted molar refractivity (Wildman–Crippen MR) is 431 cm³/mol. The van der Waals surface area contributed by atoms with Crippen LogP contribution in [0.5, 0.6) is 0 Å². The van der Waals surface area contributed by atoms with Gasteiger partial charge in [0.2, 0.25) is 0 Å². The number of ether oxygens (including phenoxy) is 6. The molecule has 0 bridgehead atoms. The highest BCUT2D eigenvalue weighted by Gasteiger charge is 2.57. The number of carbonyl (C=O) groups is 6. The summed E-state index contributed by atoms with van der Waals surface area (Å²) in [7, 11) is 0. The molecule has 616 valence electrons. The highest BCUT2D eigenvalue weighted by molar-refractivity contribution is 6.01. The molecule has 0 saturated carbocycles. The molecule has 6 fully saturated rings. The summed E-state index contributed by atoms with van der Waals surface area (Å²) < 4.78 is 40.8. The van der Waals surface area contributed by atoms with E-state index in [2.05, 4.69) is 230 Å². The number of unbranched alkanes of at least 4 members (excludes halogenated alkanes) is 1. The Hall–Kier alpha value is -4.20. The van der Waals surface area contributed by atoms with Crippen molar-refractivity contribution in [3.8, 4) is 0 Å². The number of aryl methyl sites for hydroxylation is 3. The molecular formula is C90H154N6O12. The van der Waals surface area contributed by atoms with Gasteiger partial charge in [-0.15, -0.1) is 0 Å². The third kappa shape index (κ3) is 24.7. The summed E-state index contributed by atoms with van der Waals surface area (Å²) in [6.07, 6.45) is 12.5. The van der Waals surface area contributed by atoms with E-state index in [1.807, 2.05) is 0 Å². The molecule has 6 N–H and O–H groups in total. The molecule has 1 aromatic carbocycles. The van der Waals surface area contributed by atoms with Crippen LogP contribution in [-0.2, 0) is 76.5 Å². The van der Waals surface area contributed by atoms with Crippen LogP contribution in [-0.4, -0.2) is 139 Å². The van der Waals surface area contributed by atoms with Crippen LogP contribution in [0.1, 0.15) is 370 Å². The van der Waals surface area contributed by atoms with Gasteiger partial charge in [-0.2, -0.15) is 0 Å². The van der Waals surface area contributed by atoms with Gasteiger partial charge >= 0.3 is 35.8 Å². The van der Waals surface area contributed by atoms with E-state index in [0.717, 1.165) is 29.5 Å². The Morgan fingerprint density at radius 3 is 0.944 bits per heavy atom. The quantitative estimate of drug-likeness (QED) is 0.0430. The molecule has 18 nitrogen and oxygen atoms in total. The molecule has 6 heterocycles. The largest absolute Gasteiger partial charge is 0.461 e. The van der Waals surface area contributed by atoms with E-state index in [9.17, 15) is 0 Å². The topological polar surface area (TPSA) is 230 Å². The monoisotopic (exact) mass is 1510 g/mol. The first-order valence-corrected chi connectivity index (χ1v) is 42.5. The Morgan fingerprint density at radius 2 is 0.630 bits per heavy atom. The number of hydrogen-bond acceptors (Lipinski definition) is 18. The van der Waals surface area contributed by atoms with Gasteiger partial charge in [0.05, 0.1) is 0 Å². The Bertz CT molecular complexity index is 3050. The minimum Gasteiger partial charge on any atom is -0.461 e. The van der Waals surface area contributed by atoms with E-state index < -0.39 is 88.7 Å². The van der Waals surface area contributed by atoms with Gasteiger partial charge in [-0.1, -0.05) is 64.2 Å². The molecule has 0 amide bonds. The van der Waals surface area contributed by atoms with Crippen molar-refractivity contribution in [2.24, 2.45) is 22.2 Å². The molecule has 0 spiro atoms. The van der Waals surface area contributed by atoms with E-state index in [1.54, 1.807) is 0 Å². The van der Waals surface area contributed by atoms with E-state index in [4.69, 9.17) is 28.4 Å². The van der Waals surface area contributed by atoms with E-state index in [-0.39, 0.29) is 111 Å². The summed E-state index contributed by atoms with van der Waals surface area (Å²) in [5.74, 6) is -3.07. The van der Waals surface area contributed by atoms with Crippen molar-refractivity contribution < 1.29 is 57.2 Å². The molecule has 18 heteroatoms. The predicted octanol–water partition coefficient (Wildman–Crippen LogP) is 16.9. The fourth-order valence-corrected chi connectivity index (χ4v) is 22.4. The Morgan fingerprint density at radius 1 is 0.352 bits per heavy atom. The normalized spacial score (nSPS) is 27.2. The summed E-state index contributed by atoms with van der Waals surface area (Å²) in [6, 6.07) is 6.55. The van der Waals surface area contributed by atoms with Crippen molar-refractivity contribution >= 4 is 35.8 Å². The molecule has 1 atom stereocenters. The van der Waals surface area contributed by atoms with Crippen LogP contribution < -0.4 is 31.9 Å². The van der Waals surface area contributed by atoms with Crippen LogP contribution in [0.4, 0.5) is 0 Å². The van der Waals surface area contributed by atoms with Gasteiger partial charge in [0.1, 0.15) is 36.6 Å². The number of carbonyl (C=O) groups excluding carboxylic acids is 6. The smallest absolute Gasteiger partial charge is 0.323 e. The standard InChI is InChI=1S/C90H154N6O12/c1-27-28-41-88(70(97)103-64-48-76(3,4)91-77(5,6)49-64,71(98)104-65-50-78(7,8)92-79(9,10)51-65)43-31-35-61-38-39-62-36-32-44-89(72(99)105-66-52-80(11,12)93-81(13,14)53-66,73(100)106-67-54-82(15,16)94-83(17,18)55-67)42-30-29-34-60(2)40-46-90(45-33-37-63(62)47-61,74(101)107-68-56-84(19,20)95-85(21,22)57-68)75(102)108-69-58-86(23,24)96-87(25,26)59-69/h38-39,47,60,64-69,91-96H,27-37,40-46,48-59H2,1-26H3. The zero-order valence-electron chi connectivity index (χ0n) is 72.9. The maximum absolute atomic E-state index is 16.0. The van der Waals surface area contributed by atoms with Crippen molar-refractivity contribution in [1.82, 2.24) is 31.9 Å². The van der Waals surface area contributed by atoms with Crippen LogP contribution in [0.15, 0.2) is 18.2 Å². The Labute approximate surface area is 654 Å². The number of benzene rings is 1. The summed E-state index contributed by atoms with van der Waals surface area (Å²) in [5, 5.41) is 22.5. The zero-order valence-corrected chi connectivity index (χ0v) is 72.9. The summed E-state index contributed by atoms with van der Waals surface area (Å²) in [6.45, 7) is 55.6. The van der Waals surface area contributed by atoms with E-state index >= 15 is 28.8 Å². The maximum Gasteiger partial charge on any atom is 0.323 e. The second-order valence-electron chi connectivity index (χ2n) is 43.9. The van der Waals surface area contributed by atoms with Crippen LogP contribution in [0.25, 0.3) is 0 Å². The molecule has 8 rings (SSSR count). The van der Waals surface area contributed by atoms with Gasteiger partial charge in [0.15, 0.2) is 16.2 Å². The molecule has 7 aliphatic rings. The van der Waals surface area contributed by atoms with E-state index in [1.165, 1.54) is 0 Å². The lowest BCUT2D eigenvalue weighted by atomic mass is 9.75. The lowest BCUT2D eigenvalue weighted by molar-refractivity contribution is -0.186. The summed E-state index contributed by atoms with van der Waals surface area (Å²) in [5.41, 5.74) is -5.79. The van der Waals surface area contributed by atoms with Crippen LogP contribution in [0.2, 0.25) is 0 Å². The van der Waals surface area contributed by atoms with Crippen molar-refractivity contribution in [2.75, 3.05) is 0 Å². The fraction of sp³-hybridized carbons (Fsp3) is 0.867. The molecule has 1 aliphatic carbocycles. The average molecular weight is 1510 g/mol. The van der Waals surface area contributed by atoms with Crippen molar-refractivity contribution in [1.29, 1.82) is 0 Å². The fourth-order valence-electron chi connectivity index (χ4n) is 22.4. The lowest BCUT2D eigenvalue weighted by Crippen LogP contribution is -2.61. The Kier molecular flexibility index (Phi) is 27.6. The van der Waals surface area contributed by atoms with Gasteiger partial charge < -0.3 is 60.3 Å². The first-order valence-electron chi connectivity index (χ1n) is 42.5. The number of rotatable bonds is 19. The third-order valence-corrected chi connectivity index (χ3v) is 24.9. The number of esters is 6. The molecule has 108 heavy (non-hydrogen) atoms. The molecule has 1 aromatic rings. The highest BCUT2D eigenvalue weighted by Crippen LogP contribution is 2.47. The second kappa shape index (κ2) is 33.3. The molecule has 6 saturated heterocycles. The second-order valence-corrected chi connectivity index (χ2v) is 43.9. The van der Waals surface area contributed by atoms with E-state index in [0.29, 0.717) is 141 Å². The summed E-state index contributed by atoms with van der Waals surface area (Å²) >= 11 is 0. The SMILES string of the molecule is CCCCC(CCCc1ccc2c(c1)CCCC(C(=O)OC1CC(C)(C)NC(C)(C)C1)(C(=O)OC1CC(C)(C)NC(C)(C)C1)CCC(C)CCCCC(C(=O)OC1CC(C)(C)NC(C)(C)C1)(C(=O)OC1CC(C)(C)NC(C)(C)C1)CCC2)(C(=O)OC1CC(C)(C)NC(C)(C)C1)C(=O)OC1CC(C)(C)NC(C)(C)C1. The van der Waals surface area contributed by atoms with Crippen molar-refractivity contribution in [2.45, 2.75) is 476 Å². The minimum atomic E-state index is -1.65. The maximum atomic E-state index is 16.0. The molecule has 1 unspecified atom stereocenters. The van der Waals surface area contributed by atoms with Crippen LogP contribution in [0, 0.1) is 22.2 Å². The first kappa shape index (κ1) is 89.4. The van der Waals surface area contributed by atoms with Crippen LogP contribution >= 0.6 is 0 Å². The summed E-state index contributed by atoms with van der Waals surface area (Å²) in [4.78, 5) is 95.1. The van der Waals surface area contributed by atoms with Crippen LogP contribution in [0.3, 0.4) is 0 Å². The first-order chi connectivity index (χ1) is 49.4. The van der Waals surface area contributed by atoms with Crippen molar-refractivity contribution in [3.63, 3.8) is 0 Å². The number of fused-ring (bicyclic) bond motifs is 1. The van der Waals surface area contributed by atoms with Gasteiger partial charge in [-0.05, 0) is 272 Å². The van der Waals surface area contributed by atoms with Gasteiger partial charge in [0.25, 0.3) is 0 Å². The molecular weight excluding hydrogens is 1360 g/mol. The lowest BCUT2D eigenvalue weighted by Gasteiger charge is -2.47. The van der Waals surface area contributed by atoms with Crippen molar-refractivity contribution in [3.05, 3.63) is 34.9 Å². The average Bonchev–Trinajstić information content (AvgIpc) is 0.808. The van der Waals surface area contributed by atoms with Gasteiger partial charge in [-0.3, -0.25) is 28.8 Å². The highest BCUT2D eigenvalue weighted by atomic mass is 16.6. The Balaban J connectivity index is 1.22. The zero-order chi connectivity index (χ0) is 80.6. The molecule has 0 radical (unpaired) electrons.